The molecule has 0 amide bonds. The Labute approximate surface area is 192 Å². The molecule has 2 aromatic rings. The summed E-state index contributed by atoms with van der Waals surface area (Å²) in [5, 5.41) is 18.5. The number of hydrogen-bond acceptors (Lipinski definition) is 7. The first-order chi connectivity index (χ1) is 15.6. The fourth-order valence-corrected chi connectivity index (χ4v) is 7.31. The van der Waals surface area contributed by atoms with Gasteiger partial charge in [0.25, 0.3) is 0 Å². The van der Waals surface area contributed by atoms with Crippen molar-refractivity contribution >= 4 is 25.5 Å². The fraction of sp³-hybridized carbons (Fsp3) is 0.368. The summed E-state index contributed by atoms with van der Waals surface area (Å²) in [6.45, 7) is 4.88. The number of sulfonamides is 1. The number of pyridine rings is 1. The molecular weight excluding hydrogens is 506 g/mol. The Morgan fingerprint density at radius 3 is 2.38 bits per heavy atom. The van der Waals surface area contributed by atoms with Crippen LogP contribution in [0.1, 0.15) is 11.4 Å². The van der Waals surface area contributed by atoms with E-state index in [0.29, 0.717) is 22.5 Å². The first kappa shape index (κ1) is 26.0. The highest BCUT2D eigenvalue weighted by Gasteiger charge is 2.55. The SMILES string of the molecule is [C-]#[N+]c1ccc(S(=O)(=O)[C@H]2CN(S(=O)(=O)c3ccc(C(F)(F)F)nc3C)C[C@@]2(O)CO)cc1F. The lowest BCUT2D eigenvalue weighted by Crippen LogP contribution is -2.49. The monoisotopic (exact) mass is 523 g/mol. The topological polar surface area (TPSA) is 129 Å². The summed E-state index contributed by atoms with van der Waals surface area (Å²) >= 11 is 0. The predicted octanol–water partition coefficient (Wildman–Crippen LogP) is 1.67. The van der Waals surface area contributed by atoms with Gasteiger partial charge in [0.15, 0.2) is 9.84 Å². The van der Waals surface area contributed by atoms with Gasteiger partial charge < -0.3 is 10.2 Å². The normalized spacial score (nSPS) is 22.0. The molecule has 9 nitrogen and oxygen atoms in total. The zero-order valence-corrected chi connectivity index (χ0v) is 18.9. The van der Waals surface area contributed by atoms with Crippen LogP contribution in [0.15, 0.2) is 40.1 Å². The van der Waals surface area contributed by atoms with Gasteiger partial charge in [0.1, 0.15) is 27.3 Å². The van der Waals surface area contributed by atoms with Crippen molar-refractivity contribution in [2.24, 2.45) is 0 Å². The number of aliphatic hydroxyl groups excluding tert-OH is 1. The van der Waals surface area contributed by atoms with E-state index in [4.69, 9.17) is 6.57 Å². The molecule has 15 heteroatoms. The van der Waals surface area contributed by atoms with Gasteiger partial charge in [-0.25, -0.2) is 31.1 Å². The van der Waals surface area contributed by atoms with Crippen LogP contribution < -0.4 is 0 Å². The van der Waals surface area contributed by atoms with Crippen LogP contribution in [-0.2, 0) is 26.0 Å². The second kappa shape index (κ2) is 8.54. The average Bonchev–Trinajstić information content (AvgIpc) is 3.12. The van der Waals surface area contributed by atoms with Crippen LogP contribution in [0.2, 0.25) is 0 Å². The number of aryl methyl sites for hydroxylation is 1. The van der Waals surface area contributed by atoms with Crippen molar-refractivity contribution < 1.29 is 44.6 Å². The highest BCUT2D eigenvalue weighted by atomic mass is 32.2. The molecule has 1 saturated heterocycles. The van der Waals surface area contributed by atoms with Gasteiger partial charge in [-0.15, -0.1) is 0 Å². The van der Waals surface area contributed by atoms with E-state index in [1.54, 1.807) is 0 Å². The standard InChI is InChI=1S/C19H17F4N3O6S2/c1-11-15(5-6-16(25-11)19(21,22)23)34(31,32)26-8-17(18(28,9-26)10-27)33(29,30)12-3-4-14(24-2)13(20)7-12/h3-7,17,27-28H,8-10H2,1H3/t17-,18+/m0/s1. The first-order valence-corrected chi connectivity index (χ1v) is 12.4. The van der Waals surface area contributed by atoms with Gasteiger partial charge in [-0.2, -0.15) is 17.5 Å². The average molecular weight is 523 g/mol. The minimum absolute atomic E-state index is 0.449. The van der Waals surface area contributed by atoms with Gasteiger partial charge in [-0.3, -0.25) is 0 Å². The van der Waals surface area contributed by atoms with Gasteiger partial charge in [-0.05, 0) is 25.1 Å². The summed E-state index contributed by atoms with van der Waals surface area (Å²) in [5.41, 5.74) is -4.81. The predicted molar refractivity (Wildman–Crippen MR) is 108 cm³/mol. The molecule has 184 valence electrons. The van der Waals surface area contributed by atoms with Gasteiger partial charge >= 0.3 is 6.18 Å². The maximum absolute atomic E-state index is 14.0. The maximum Gasteiger partial charge on any atom is 0.433 e. The third-order valence-electron chi connectivity index (χ3n) is 5.38. The van der Waals surface area contributed by atoms with Crippen LogP contribution in [0.4, 0.5) is 23.2 Å². The summed E-state index contributed by atoms with van der Waals surface area (Å²) in [4.78, 5) is 4.82. The van der Waals surface area contributed by atoms with Crippen molar-refractivity contribution in [3.8, 4) is 0 Å². The third kappa shape index (κ3) is 4.39. The molecule has 0 bridgehead atoms. The minimum atomic E-state index is -4.82. The van der Waals surface area contributed by atoms with Gasteiger partial charge in [0.2, 0.25) is 15.7 Å². The Morgan fingerprint density at radius 1 is 1.24 bits per heavy atom. The zero-order chi connectivity index (χ0) is 25.7. The number of aromatic nitrogens is 1. The Hall–Kier alpha value is -2.64. The van der Waals surface area contributed by atoms with E-state index in [2.05, 4.69) is 9.83 Å². The van der Waals surface area contributed by atoms with Crippen molar-refractivity contribution in [2.75, 3.05) is 19.7 Å². The summed E-state index contributed by atoms with van der Waals surface area (Å²) in [6, 6.07) is 3.46. The van der Waals surface area contributed by atoms with E-state index in [-0.39, 0.29) is 0 Å². The molecule has 1 aromatic heterocycles. The second-order valence-electron chi connectivity index (χ2n) is 7.60. The lowest BCUT2D eigenvalue weighted by atomic mass is 10.1. The number of β-amino-alcohol motifs (C(OH)–C–C–N with tert-alkyl or cyclic N) is 1. The van der Waals surface area contributed by atoms with E-state index in [0.717, 1.165) is 19.1 Å². The molecule has 1 aliphatic heterocycles. The van der Waals surface area contributed by atoms with Crippen LogP contribution in [0.3, 0.4) is 0 Å². The van der Waals surface area contributed by atoms with E-state index in [1.165, 1.54) is 0 Å². The van der Waals surface area contributed by atoms with Crippen LogP contribution in [-0.4, -0.2) is 66.9 Å². The van der Waals surface area contributed by atoms with Crippen molar-refractivity contribution in [3.63, 3.8) is 0 Å². The molecule has 0 unspecified atom stereocenters. The molecule has 1 aliphatic rings. The molecule has 0 spiro atoms. The van der Waals surface area contributed by atoms with Crippen molar-refractivity contribution in [3.05, 3.63) is 59.0 Å². The van der Waals surface area contributed by atoms with Crippen molar-refractivity contribution in [1.29, 1.82) is 0 Å². The summed E-state index contributed by atoms with van der Waals surface area (Å²) in [7, 11) is -9.29. The molecule has 0 radical (unpaired) electrons. The fourth-order valence-electron chi connectivity index (χ4n) is 3.59. The number of rotatable bonds is 5. The Morgan fingerprint density at radius 2 is 1.88 bits per heavy atom. The number of nitrogens with zero attached hydrogens (tertiary/aromatic N) is 3. The minimum Gasteiger partial charge on any atom is -0.393 e. The molecule has 1 fully saturated rings. The highest BCUT2D eigenvalue weighted by Crippen LogP contribution is 2.36. The number of sulfone groups is 1. The molecular formula is C19H17F4N3O6S2. The van der Waals surface area contributed by atoms with Crippen LogP contribution >= 0.6 is 0 Å². The first-order valence-electron chi connectivity index (χ1n) is 9.37. The number of halogens is 4. The third-order valence-corrected chi connectivity index (χ3v) is 9.57. The van der Waals surface area contributed by atoms with Crippen LogP contribution in [0.25, 0.3) is 4.85 Å². The molecule has 3 rings (SSSR count). The van der Waals surface area contributed by atoms with Gasteiger partial charge in [0.05, 0.1) is 23.8 Å². The summed E-state index contributed by atoms with van der Waals surface area (Å²) in [6.07, 6.45) is -4.82. The summed E-state index contributed by atoms with van der Waals surface area (Å²) < 4.78 is 106. The highest BCUT2D eigenvalue weighted by molar-refractivity contribution is 7.92. The lowest BCUT2D eigenvalue weighted by molar-refractivity contribution is -0.141. The molecule has 2 atom stereocenters. The second-order valence-corrected chi connectivity index (χ2v) is 11.6. The Balaban J connectivity index is 2.03. The Bertz CT molecular complexity index is 1390. The Kier molecular flexibility index (Phi) is 6.52. The van der Waals surface area contributed by atoms with Gasteiger partial charge in [0, 0.05) is 13.1 Å². The number of alkyl halides is 3. The summed E-state index contributed by atoms with van der Waals surface area (Å²) in [5.74, 6) is -1.16. The molecule has 1 aromatic carbocycles. The van der Waals surface area contributed by atoms with E-state index < -0.39 is 89.3 Å². The lowest BCUT2D eigenvalue weighted by Gasteiger charge is -2.26. The molecule has 0 aliphatic carbocycles. The van der Waals surface area contributed by atoms with E-state index in [1.807, 2.05) is 0 Å². The molecule has 0 saturated carbocycles. The van der Waals surface area contributed by atoms with E-state index in [9.17, 15) is 44.6 Å². The van der Waals surface area contributed by atoms with Crippen LogP contribution in [0, 0.1) is 19.3 Å². The zero-order valence-electron chi connectivity index (χ0n) is 17.3. The molecule has 34 heavy (non-hydrogen) atoms. The molecule has 2 heterocycles. The van der Waals surface area contributed by atoms with Crippen molar-refractivity contribution in [2.45, 2.75) is 33.7 Å². The van der Waals surface area contributed by atoms with Crippen molar-refractivity contribution in [1.82, 2.24) is 9.29 Å². The number of benzene rings is 1. The van der Waals surface area contributed by atoms with Crippen LogP contribution in [0.5, 0.6) is 0 Å². The van der Waals surface area contributed by atoms with Gasteiger partial charge in [-0.1, -0.05) is 12.1 Å². The number of aliphatic hydroxyl groups is 2. The largest absolute Gasteiger partial charge is 0.433 e. The quantitative estimate of drug-likeness (QED) is 0.451. The van der Waals surface area contributed by atoms with E-state index >= 15 is 0 Å². The number of hydrogen-bond donors (Lipinski definition) is 2. The molecule has 2 N–H and O–H groups in total. The smallest absolute Gasteiger partial charge is 0.393 e. The maximum atomic E-state index is 14.0.